The maximum absolute atomic E-state index is 13.1. The second-order valence-electron chi connectivity index (χ2n) is 9.72. The van der Waals surface area contributed by atoms with Crippen molar-refractivity contribution in [3.05, 3.63) is 30.6 Å². The lowest BCUT2D eigenvalue weighted by atomic mass is 9.93. The van der Waals surface area contributed by atoms with Crippen LogP contribution in [0.2, 0.25) is 0 Å². The molecule has 0 spiro atoms. The number of nitrogens with one attached hydrogen (secondary N) is 2. The number of anilines is 3. The first-order chi connectivity index (χ1) is 17.4. The van der Waals surface area contributed by atoms with Gasteiger partial charge in [0.2, 0.25) is 16.0 Å². The number of fused-ring (bicyclic) bond motifs is 1. The van der Waals surface area contributed by atoms with Crippen molar-refractivity contribution in [1.82, 2.24) is 23.8 Å². The predicted molar refractivity (Wildman–Crippen MR) is 140 cm³/mol. The van der Waals surface area contributed by atoms with Crippen LogP contribution in [0.25, 0.3) is 11.2 Å². The maximum Gasteiger partial charge on any atom is 0.243 e. The van der Waals surface area contributed by atoms with Gasteiger partial charge in [0.15, 0.2) is 17.0 Å². The lowest BCUT2D eigenvalue weighted by molar-refractivity contribution is 0.126. The Balaban J connectivity index is 1.38. The van der Waals surface area contributed by atoms with E-state index < -0.39 is 10.0 Å². The molecule has 0 amide bonds. The molecule has 11 heteroatoms. The van der Waals surface area contributed by atoms with E-state index in [1.807, 2.05) is 11.5 Å². The minimum Gasteiger partial charge on any atom is -0.393 e. The van der Waals surface area contributed by atoms with Crippen molar-refractivity contribution < 1.29 is 13.5 Å². The minimum atomic E-state index is -3.50. The summed E-state index contributed by atoms with van der Waals surface area (Å²) in [5.41, 5.74) is 2.11. The molecule has 1 saturated heterocycles. The van der Waals surface area contributed by atoms with Gasteiger partial charge in [-0.15, -0.1) is 0 Å². The van der Waals surface area contributed by atoms with Crippen molar-refractivity contribution in [3.63, 3.8) is 0 Å². The Morgan fingerprint density at radius 3 is 2.36 bits per heavy atom. The maximum atomic E-state index is 13.1. The monoisotopic (exact) mass is 513 g/mol. The number of benzene rings is 1. The average molecular weight is 514 g/mol. The summed E-state index contributed by atoms with van der Waals surface area (Å²) in [5.74, 6) is 1.08. The SMILES string of the molecule is CCn1cnc2c(Nc3ccc(S(=O)(=O)N4CCCCCC4)cc3)nc(NC3CCC(O)CC3)nc21. The van der Waals surface area contributed by atoms with E-state index in [-0.39, 0.29) is 12.1 Å². The molecule has 5 rings (SSSR count). The van der Waals surface area contributed by atoms with Gasteiger partial charge < -0.3 is 20.3 Å². The van der Waals surface area contributed by atoms with E-state index >= 15 is 0 Å². The lowest BCUT2D eigenvalue weighted by Gasteiger charge is -2.26. The molecule has 0 atom stereocenters. The smallest absolute Gasteiger partial charge is 0.243 e. The number of aryl methyl sites for hydroxylation is 1. The molecule has 1 aliphatic heterocycles. The summed E-state index contributed by atoms with van der Waals surface area (Å²) in [6.07, 6.45) is 8.77. The Kier molecular flexibility index (Phi) is 7.40. The third-order valence-electron chi connectivity index (χ3n) is 7.15. The Morgan fingerprint density at radius 2 is 1.69 bits per heavy atom. The number of nitrogens with zero attached hydrogens (tertiary/aromatic N) is 5. The van der Waals surface area contributed by atoms with Crippen LogP contribution >= 0.6 is 0 Å². The van der Waals surface area contributed by atoms with Crippen molar-refractivity contribution >= 4 is 38.6 Å². The van der Waals surface area contributed by atoms with Crippen molar-refractivity contribution in [2.75, 3.05) is 23.7 Å². The molecule has 36 heavy (non-hydrogen) atoms. The van der Waals surface area contributed by atoms with Crippen LogP contribution in [0.5, 0.6) is 0 Å². The van der Waals surface area contributed by atoms with Crippen molar-refractivity contribution in [2.45, 2.75) is 81.9 Å². The zero-order chi connectivity index (χ0) is 25.1. The third-order valence-corrected chi connectivity index (χ3v) is 9.07. The molecule has 3 heterocycles. The summed E-state index contributed by atoms with van der Waals surface area (Å²) >= 11 is 0. The van der Waals surface area contributed by atoms with E-state index in [9.17, 15) is 13.5 Å². The molecular formula is C25H35N7O3S. The van der Waals surface area contributed by atoms with E-state index in [4.69, 9.17) is 9.97 Å². The summed E-state index contributed by atoms with van der Waals surface area (Å²) < 4.78 is 29.8. The molecule has 2 aliphatic rings. The number of sulfonamides is 1. The second kappa shape index (κ2) is 10.7. The molecule has 3 aromatic rings. The fraction of sp³-hybridized carbons (Fsp3) is 0.560. The van der Waals surface area contributed by atoms with Crippen LogP contribution in [0, 0.1) is 0 Å². The second-order valence-corrected chi connectivity index (χ2v) is 11.7. The van der Waals surface area contributed by atoms with Crippen LogP contribution < -0.4 is 10.6 Å². The highest BCUT2D eigenvalue weighted by Crippen LogP contribution is 2.28. The number of hydrogen-bond donors (Lipinski definition) is 3. The quantitative estimate of drug-likeness (QED) is 0.435. The van der Waals surface area contributed by atoms with Crippen molar-refractivity contribution in [1.29, 1.82) is 0 Å². The highest BCUT2D eigenvalue weighted by Gasteiger charge is 2.25. The summed E-state index contributed by atoms with van der Waals surface area (Å²) in [7, 11) is -3.50. The number of aliphatic hydroxyl groups is 1. The molecule has 2 aromatic heterocycles. The highest BCUT2D eigenvalue weighted by molar-refractivity contribution is 7.89. The minimum absolute atomic E-state index is 0.208. The topological polar surface area (TPSA) is 125 Å². The molecule has 1 aliphatic carbocycles. The van der Waals surface area contributed by atoms with Gasteiger partial charge in [0, 0.05) is 31.4 Å². The molecule has 0 radical (unpaired) electrons. The third kappa shape index (κ3) is 5.33. The molecule has 1 saturated carbocycles. The zero-order valence-electron chi connectivity index (χ0n) is 20.7. The van der Waals surface area contributed by atoms with Gasteiger partial charge in [0.1, 0.15) is 0 Å². The average Bonchev–Trinajstić information content (AvgIpc) is 3.09. The Morgan fingerprint density at radius 1 is 1.00 bits per heavy atom. The van der Waals surface area contributed by atoms with Gasteiger partial charge in [-0.25, -0.2) is 13.4 Å². The predicted octanol–water partition coefficient (Wildman–Crippen LogP) is 3.87. The molecule has 2 fully saturated rings. The fourth-order valence-electron chi connectivity index (χ4n) is 5.01. The largest absolute Gasteiger partial charge is 0.393 e. The molecule has 3 N–H and O–H groups in total. The van der Waals surface area contributed by atoms with Crippen LogP contribution in [0.1, 0.15) is 58.3 Å². The molecule has 1 aromatic carbocycles. The number of aliphatic hydroxyl groups excluding tert-OH is 1. The van der Waals surface area contributed by atoms with Gasteiger partial charge in [0.25, 0.3) is 0 Å². The van der Waals surface area contributed by atoms with Crippen molar-refractivity contribution in [3.8, 4) is 0 Å². The first-order valence-electron chi connectivity index (χ1n) is 13.0. The molecular weight excluding hydrogens is 478 g/mol. The summed E-state index contributed by atoms with van der Waals surface area (Å²) in [5, 5.41) is 16.6. The summed E-state index contributed by atoms with van der Waals surface area (Å²) in [6.45, 7) is 3.93. The van der Waals surface area contributed by atoms with Crippen LogP contribution in [-0.2, 0) is 16.6 Å². The molecule has 0 bridgehead atoms. The van der Waals surface area contributed by atoms with E-state index in [0.717, 1.165) is 69.2 Å². The van der Waals surface area contributed by atoms with Gasteiger partial charge >= 0.3 is 0 Å². The normalized spacial score (nSPS) is 21.8. The fourth-order valence-corrected chi connectivity index (χ4v) is 6.53. The van der Waals surface area contributed by atoms with Gasteiger partial charge in [-0.2, -0.15) is 14.3 Å². The Hall–Kier alpha value is -2.76. The standard InChI is InChI=1S/C25H35N7O3S/c1-2-31-17-26-22-23(29-25(30-24(22)31)28-19-7-11-20(33)12-8-19)27-18-9-13-21(14-10-18)36(34,35)32-15-5-3-4-6-16-32/h9-10,13-14,17,19-20,33H,2-8,11-12,15-16H2,1H3,(H2,27,28,29,30). The molecule has 194 valence electrons. The number of aromatic nitrogens is 4. The van der Waals surface area contributed by atoms with E-state index in [1.165, 1.54) is 0 Å². The van der Waals surface area contributed by atoms with E-state index in [1.54, 1.807) is 34.9 Å². The molecule has 0 unspecified atom stereocenters. The first-order valence-corrected chi connectivity index (χ1v) is 14.4. The van der Waals surface area contributed by atoms with Crippen LogP contribution in [0.4, 0.5) is 17.5 Å². The van der Waals surface area contributed by atoms with E-state index in [2.05, 4.69) is 15.6 Å². The number of imidazole rings is 1. The van der Waals surface area contributed by atoms with Gasteiger partial charge in [-0.3, -0.25) is 0 Å². The van der Waals surface area contributed by atoms with Gasteiger partial charge in [0.05, 0.1) is 17.3 Å². The summed E-state index contributed by atoms with van der Waals surface area (Å²) in [6, 6.07) is 7.05. The zero-order valence-corrected chi connectivity index (χ0v) is 21.5. The molecule has 10 nitrogen and oxygen atoms in total. The summed E-state index contributed by atoms with van der Waals surface area (Å²) in [4.78, 5) is 14.3. The van der Waals surface area contributed by atoms with Gasteiger partial charge in [-0.1, -0.05) is 12.8 Å². The Bertz CT molecular complexity index is 1280. The van der Waals surface area contributed by atoms with E-state index in [0.29, 0.717) is 35.3 Å². The number of rotatable bonds is 7. The van der Waals surface area contributed by atoms with Crippen LogP contribution in [0.3, 0.4) is 0 Å². The van der Waals surface area contributed by atoms with Gasteiger partial charge in [-0.05, 0) is 69.7 Å². The first kappa shape index (κ1) is 24.9. The van der Waals surface area contributed by atoms with Crippen molar-refractivity contribution in [2.24, 2.45) is 0 Å². The Labute approximate surface area is 212 Å². The van der Waals surface area contributed by atoms with Crippen LogP contribution in [-0.4, -0.2) is 62.6 Å². The lowest BCUT2D eigenvalue weighted by Crippen LogP contribution is -2.31. The highest BCUT2D eigenvalue weighted by atomic mass is 32.2. The number of hydrogen-bond acceptors (Lipinski definition) is 8. The van der Waals surface area contributed by atoms with Crippen LogP contribution in [0.15, 0.2) is 35.5 Å².